The van der Waals surface area contributed by atoms with Gasteiger partial charge in [-0.3, -0.25) is 10.1 Å². The molecule has 2 aliphatic rings. The zero-order valence-corrected chi connectivity index (χ0v) is 8.48. The van der Waals surface area contributed by atoms with Crippen molar-refractivity contribution < 1.29 is 19.4 Å². The summed E-state index contributed by atoms with van der Waals surface area (Å²) >= 11 is 0. The third kappa shape index (κ3) is 1.41. The van der Waals surface area contributed by atoms with Crippen molar-refractivity contribution in [3.05, 3.63) is 0 Å². The highest BCUT2D eigenvalue weighted by atomic mass is 16.8. The molecule has 0 bridgehead atoms. The van der Waals surface area contributed by atoms with Crippen LogP contribution in [0.2, 0.25) is 0 Å². The van der Waals surface area contributed by atoms with Gasteiger partial charge in [0.1, 0.15) is 18.2 Å². The molecule has 2 fully saturated rings. The average Bonchev–Trinajstić information content (AvgIpc) is 2.47. The SMILES string of the molecule is CC1NC(C(=O)O)C2OC(C)(C)OC12. The molecule has 0 aromatic rings. The first-order chi connectivity index (χ1) is 6.41. The molecule has 2 aliphatic heterocycles. The minimum Gasteiger partial charge on any atom is -0.480 e. The molecule has 2 saturated heterocycles. The first kappa shape index (κ1) is 9.89. The fraction of sp³-hybridized carbons (Fsp3) is 0.889. The van der Waals surface area contributed by atoms with Gasteiger partial charge in [0.15, 0.2) is 5.79 Å². The van der Waals surface area contributed by atoms with Crippen LogP contribution in [-0.4, -0.2) is 41.2 Å². The molecule has 2 N–H and O–H groups in total. The highest BCUT2D eigenvalue weighted by Crippen LogP contribution is 2.35. The Hall–Kier alpha value is -0.650. The molecule has 0 aromatic carbocycles. The first-order valence-electron chi connectivity index (χ1n) is 4.75. The van der Waals surface area contributed by atoms with Crippen molar-refractivity contribution in [1.29, 1.82) is 0 Å². The molecule has 2 heterocycles. The van der Waals surface area contributed by atoms with Crippen LogP contribution in [0.5, 0.6) is 0 Å². The normalized spacial score (nSPS) is 45.1. The van der Waals surface area contributed by atoms with E-state index < -0.39 is 17.8 Å². The van der Waals surface area contributed by atoms with Crippen molar-refractivity contribution in [2.75, 3.05) is 0 Å². The van der Waals surface area contributed by atoms with Gasteiger partial charge >= 0.3 is 5.97 Å². The van der Waals surface area contributed by atoms with Crippen molar-refractivity contribution in [3.63, 3.8) is 0 Å². The Balaban J connectivity index is 2.19. The van der Waals surface area contributed by atoms with E-state index in [1.165, 1.54) is 0 Å². The van der Waals surface area contributed by atoms with Gasteiger partial charge in [0.05, 0.1) is 0 Å². The van der Waals surface area contributed by atoms with Gasteiger partial charge < -0.3 is 14.6 Å². The van der Waals surface area contributed by atoms with E-state index in [2.05, 4.69) is 5.32 Å². The summed E-state index contributed by atoms with van der Waals surface area (Å²) < 4.78 is 11.2. The third-order valence-electron chi connectivity index (χ3n) is 2.69. The van der Waals surface area contributed by atoms with Crippen LogP contribution in [0.15, 0.2) is 0 Å². The van der Waals surface area contributed by atoms with Gasteiger partial charge in [-0.05, 0) is 20.8 Å². The highest BCUT2D eigenvalue weighted by molar-refractivity contribution is 5.75. The van der Waals surface area contributed by atoms with Gasteiger partial charge in [0, 0.05) is 6.04 Å². The van der Waals surface area contributed by atoms with Crippen LogP contribution < -0.4 is 5.32 Å². The summed E-state index contributed by atoms with van der Waals surface area (Å²) in [6.07, 6.45) is -0.538. The van der Waals surface area contributed by atoms with Crippen LogP contribution in [0.1, 0.15) is 20.8 Å². The van der Waals surface area contributed by atoms with Crippen molar-refractivity contribution in [2.24, 2.45) is 0 Å². The standard InChI is InChI=1S/C9H15NO4/c1-4-6-7(5(10-4)8(11)12)14-9(2,3)13-6/h4-7,10H,1-3H3,(H,11,12). The van der Waals surface area contributed by atoms with Crippen LogP contribution in [0.25, 0.3) is 0 Å². The molecule has 0 saturated carbocycles. The Morgan fingerprint density at radius 3 is 2.50 bits per heavy atom. The van der Waals surface area contributed by atoms with Gasteiger partial charge in [-0.2, -0.15) is 0 Å². The summed E-state index contributed by atoms with van der Waals surface area (Å²) in [7, 11) is 0. The highest BCUT2D eigenvalue weighted by Gasteiger charge is 2.54. The predicted molar refractivity (Wildman–Crippen MR) is 47.8 cm³/mol. The van der Waals surface area contributed by atoms with Crippen LogP contribution in [-0.2, 0) is 14.3 Å². The summed E-state index contributed by atoms with van der Waals surface area (Å²) in [5.41, 5.74) is 0. The lowest BCUT2D eigenvalue weighted by molar-refractivity contribution is -0.162. The van der Waals surface area contributed by atoms with Crippen molar-refractivity contribution in [3.8, 4) is 0 Å². The molecule has 5 heteroatoms. The topological polar surface area (TPSA) is 67.8 Å². The number of rotatable bonds is 1. The number of fused-ring (bicyclic) bond motifs is 1. The number of ether oxygens (including phenoxy) is 2. The fourth-order valence-electron chi connectivity index (χ4n) is 2.15. The zero-order chi connectivity index (χ0) is 10.5. The summed E-state index contributed by atoms with van der Waals surface area (Å²) in [5, 5.41) is 11.9. The molecule has 4 atom stereocenters. The lowest BCUT2D eigenvalue weighted by atomic mass is 10.1. The predicted octanol–water partition coefficient (Wildman–Crippen LogP) is -0.0486. The van der Waals surface area contributed by atoms with Gasteiger partial charge in [-0.25, -0.2) is 0 Å². The summed E-state index contributed by atoms with van der Waals surface area (Å²) in [6.45, 7) is 5.51. The number of nitrogens with one attached hydrogen (secondary N) is 1. The molecule has 0 radical (unpaired) electrons. The lowest BCUT2D eigenvalue weighted by Crippen LogP contribution is -2.42. The van der Waals surface area contributed by atoms with Gasteiger partial charge in [0.25, 0.3) is 0 Å². The van der Waals surface area contributed by atoms with Crippen LogP contribution in [0, 0.1) is 0 Å². The van der Waals surface area contributed by atoms with Crippen LogP contribution in [0.3, 0.4) is 0 Å². The number of carboxylic acids is 1. The second-order valence-corrected chi connectivity index (χ2v) is 4.34. The number of carboxylic acid groups (broad SMARTS) is 1. The van der Waals surface area contributed by atoms with E-state index >= 15 is 0 Å². The number of carbonyl (C=O) groups is 1. The first-order valence-corrected chi connectivity index (χ1v) is 4.75. The Morgan fingerprint density at radius 2 is 1.93 bits per heavy atom. The third-order valence-corrected chi connectivity index (χ3v) is 2.69. The maximum atomic E-state index is 10.9. The Morgan fingerprint density at radius 1 is 1.36 bits per heavy atom. The minimum absolute atomic E-state index is 0.0166. The molecule has 0 spiro atoms. The van der Waals surface area contributed by atoms with E-state index in [1.54, 1.807) is 13.8 Å². The molecule has 5 nitrogen and oxygen atoms in total. The van der Waals surface area contributed by atoms with Crippen molar-refractivity contribution in [1.82, 2.24) is 5.32 Å². The van der Waals surface area contributed by atoms with Gasteiger partial charge in [-0.15, -0.1) is 0 Å². The Kier molecular flexibility index (Phi) is 2.06. The lowest BCUT2D eigenvalue weighted by Gasteiger charge is -2.21. The summed E-state index contributed by atoms with van der Waals surface area (Å²) in [5.74, 6) is -1.55. The number of hydrogen-bond acceptors (Lipinski definition) is 4. The molecule has 0 aliphatic carbocycles. The largest absolute Gasteiger partial charge is 0.480 e. The van der Waals surface area contributed by atoms with E-state index in [1.807, 2.05) is 6.92 Å². The minimum atomic E-state index is -0.884. The molecule has 0 amide bonds. The zero-order valence-electron chi connectivity index (χ0n) is 8.48. The molecule has 80 valence electrons. The van der Waals surface area contributed by atoms with E-state index in [-0.39, 0.29) is 18.2 Å². The number of aliphatic carboxylic acids is 1. The molecular weight excluding hydrogens is 186 g/mol. The quantitative estimate of drug-likeness (QED) is 0.622. The smallest absolute Gasteiger partial charge is 0.323 e. The Labute approximate surface area is 82.4 Å². The molecule has 14 heavy (non-hydrogen) atoms. The second kappa shape index (κ2) is 2.92. The number of hydrogen-bond donors (Lipinski definition) is 2. The van der Waals surface area contributed by atoms with Crippen molar-refractivity contribution in [2.45, 2.75) is 50.8 Å². The van der Waals surface area contributed by atoms with E-state index in [0.29, 0.717) is 0 Å². The molecule has 4 unspecified atom stereocenters. The molecule has 0 aromatic heterocycles. The van der Waals surface area contributed by atoms with Crippen LogP contribution >= 0.6 is 0 Å². The van der Waals surface area contributed by atoms with E-state index in [0.717, 1.165) is 0 Å². The second-order valence-electron chi connectivity index (χ2n) is 4.34. The maximum absolute atomic E-state index is 10.9. The summed E-state index contributed by atoms with van der Waals surface area (Å²) in [6, 6.07) is -0.639. The maximum Gasteiger partial charge on any atom is 0.323 e. The van der Waals surface area contributed by atoms with Gasteiger partial charge in [0.2, 0.25) is 0 Å². The fourth-order valence-corrected chi connectivity index (χ4v) is 2.15. The van der Waals surface area contributed by atoms with Crippen LogP contribution in [0.4, 0.5) is 0 Å². The molecule has 2 rings (SSSR count). The van der Waals surface area contributed by atoms with E-state index in [4.69, 9.17) is 14.6 Å². The Bertz CT molecular complexity index is 266. The monoisotopic (exact) mass is 201 g/mol. The molecular formula is C9H15NO4. The van der Waals surface area contributed by atoms with E-state index in [9.17, 15) is 4.79 Å². The van der Waals surface area contributed by atoms with Gasteiger partial charge in [-0.1, -0.05) is 0 Å². The average molecular weight is 201 g/mol. The summed E-state index contributed by atoms with van der Waals surface area (Å²) in [4.78, 5) is 10.9. The van der Waals surface area contributed by atoms with Crippen molar-refractivity contribution >= 4 is 5.97 Å².